The molecule has 1 aromatic rings. The van der Waals surface area contributed by atoms with E-state index in [0.29, 0.717) is 18.7 Å². The quantitative estimate of drug-likeness (QED) is 0.647. The summed E-state index contributed by atoms with van der Waals surface area (Å²) in [5, 5.41) is 20.1. The highest BCUT2D eigenvalue weighted by Crippen LogP contribution is 2.31. The molecule has 1 fully saturated rings. The van der Waals surface area contributed by atoms with Gasteiger partial charge in [0.25, 0.3) is 0 Å². The first-order valence-electron chi connectivity index (χ1n) is 6.17. The van der Waals surface area contributed by atoms with E-state index in [1.165, 1.54) is 6.20 Å². The Bertz CT molecular complexity index is 534. The van der Waals surface area contributed by atoms with Gasteiger partial charge in [0, 0.05) is 18.3 Å². The molecular weight excluding hydrogens is 266 g/mol. The van der Waals surface area contributed by atoms with Crippen LogP contribution in [0.25, 0.3) is 0 Å². The summed E-state index contributed by atoms with van der Waals surface area (Å²) < 4.78 is 5.26. The molecule has 1 N–H and O–H groups in total. The Morgan fingerprint density at radius 2 is 2.45 bits per heavy atom. The van der Waals surface area contributed by atoms with Gasteiger partial charge in [-0.15, -0.1) is 0 Å². The standard InChI is InChI=1S/C12H15N3O5/c1-8-2-3-13-12(11(8)15(18)19)14-4-5-20-7-9(14)6-10(16)17/h2-3,9H,4-7H2,1H3,(H,16,17). The lowest BCUT2D eigenvalue weighted by molar-refractivity contribution is -0.385. The van der Waals surface area contributed by atoms with Crippen LogP contribution in [0.3, 0.4) is 0 Å². The molecule has 2 rings (SSSR count). The smallest absolute Gasteiger partial charge is 0.314 e. The number of aromatic nitrogens is 1. The number of carboxylic acids is 1. The van der Waals surface area contributed by atoms with Gasteiger partial charge in [-0.05, 0) is 13.0 Å². The lowest BCUT2D eigenvalue weighted by Crippen LogP contribution is -2.47. The van der Waals surface area contributed by atoms with Crippen LogP contribution in [-0.2, 0) is 9.53 Å². The fourth-order valence-corrected chi connectivity index (χ4v) is 2.28. The van der Waals surface area contributed by atoms with Gasteiger partial charge in [0.2, 0.25) is 5.82 Å². The molecule has 1 aliphatic rings. The van der Waals surface area contributed by atoms with Crippen LogP contribution in [0.15, 0.2) is 12.3 Å². The van der Waals surface area contributed by atoms with Crippen LogP contribution in [0.2, 0.25) is 0 Å². The molecule has 108 valence electrons. The van der Waals surface area contributed by atoms with Crippen molar-refractivity contribution in [2.75, 3.05) is 24.7 Å². The number of hydrogen-bond donors (Lipinski definition) is 1. The van der Waals surface area contributed by atoms with E-state index >= 15 is 0 Å². The first-order valence-corrected chi connectivity index (χ1v) is 6.17. The minimum atomic E-state index is -0.971. The molecule has 0 bridgehead atoms. The molecule has 0 aromatic carbocycles. The van der Waals surface area contributed by atoms with Crippen LogP contribution in [0.5, 0.6) is 0 Å². The van der Waals surface area contributed by atoms with Crippen molar-refractivity contribution in [3.8, 4) is 0 Å². The van der Waals surface area contributed by atoms with Crippen molar-refractivity contribution in [2.45, 2.75) is 19.4 Å². The van der Waals surface area contributed by atoms with Gasteiger partial charge in [-0.3, -0.25) is 14.9 Å². The SMILES string of the molecule is Cc1ccnc(N2CCOCC2CC(=O)O)c1[N+](=O)[O-]. The second kappa shape index (κ2) is 5.83. The van der Waals surface area contributed by atoms with Crippen LogP contribution >= 0.6 is 0 Å². The second-order valence-electron chi connectivity index (χ2n) is 4.58. The Morgan fingerprint density at radius 1 is 1.70 bits per heavy atom. The van der Waals surface area contributed by atoms with Gasteiger partial charge in [0.1, 0.15) is 0 Å². The zero-order valence-corrected chi connectivity index (χ0v) is 11.0. The molecule has 1 unspecified atom stereocenters. The molecule has 0 spiro atoms. The van der Waals surface area contributed by atoms with Crippen LogP contribution in [0, 0.1) is 17.0 Å². The number of pyridine rings is 1. The second-order valence-corrected chi connectivity index (χ2v) is 4.58. The summed E-state index contributed by atoms with van der Waals surface area (Å²) in [6.45, 7) is 2.63. The predicted octanol–water partition coefficient (Wildman–Crippen LogP) is 0.978. The molecule has 20 heavy (non-hydrogen) atoms. The molecule has 0 amide bonds. The highest BCUT2D eigenvalue weighted by molar-refractivity contribution is 5.70. The van der Waals surface area contributed by atoms with Crippen LogP contribution in [0.1, 0.15) is 12.0 Å². The Kier molecular flexibility index (Phi) is 4.14. The average molecular weight is 281 g/mol. The predicted molar refractivity (Wildman–Crippen MR) is 69.8 cm³/mol. The van der Waals surface area contributed by atoms with Crippen molar-refractivity contribution in [3.63, 3.8) is 0 Å². The van der Waals surface area contributed by atoms with E-state index in [1.807, 2.05) is 0 Å². The minimum absolute atomic E-state index is 0.0789. The number of morpholine rings is 1. The zero-order chi connectivity index (χ0) is 14.7. The van der Waals surface area contributed by atoms with Gasteiger partial charge in [0.05, 0.1) is 30.6 Å². The van der Waals surface area contributed by atoms with Crippen molar-refractivity contribution >= 4 is 17.5 Å². The molecule has 8 nitrogen and oxygen atoms in total. The van der Waals surface area contributed by atoms with E-state index < -0.39 is 16.9 Å². The number of anilines is 1. The summed E-state index contributed by atoms with van der Waals surface area (Å²) in [5.74, 6) is -0.759. The van der Waals surface area contributed by atoms with Crippen LogP contribution < -0.4 is 4.90 Å². The summed E-state index contributed by atoms with van der Waals surface area (Å²) in [6, 6.07) is 1.11. The number of hydrogen-bond acceptors (Lipinski definition) is 6. The largest absolute Gasteiger partial charge is 0.481 e. The van der Waals surface area contributed by atoms with E-state index in [0.717, 1.165) is 0 Å². The van der Waals surface area contributed by atoms with E-state index in [-0.39, 0.29) is 24.5 Å². The number of aryl methyl sites for hydroxylation is 1. The molecule has 0 radical (unpaired) electrons. The Balaban J connectivity index is 2.39. The van der Waals surface area contributed by atoms with Gasteiger partial charge in [-0.1, -0.05) is 0 Å². The van der Waals surface area contributed by atoms with Crippen molar-refractivity contribution in [3.05, 3.63) is 27.9 Å². The maximum absolute atomic E-state index is 11.2. The van der Waals surface area contributed by atoms with Gasteiger partial charge < -0.3 is 14.7 Å². The number of ether oxygens (including phenoxy) is 1. The van der Waals surface area contributed by atoms with Gasteiger partial charge in [-0.2, -0.15) is 0 Å². The van der Waals surface area contributed by atoms with Crippen LogP contribution in [-0.4, -0.2) is 46.8 Å². The lowest BCUT2D eigenvalue weighted by Gasteiger charge is -2.35. The third-order valence-corrected chi connectivity index (χ3v) is 3.20. The monoisotopic (exact) mass is 281 g/mol. The average Bonchev–Trinajstić information content (AvgIpc) is 2.38. The van der Waals surface area contributed by atoms with Gasteiger partial charge in [0.15, 0.2) is 0 Å². The maximum atomic E-state index is 11.2. The zero-order valence-electron chi connectivity index (χ0n) is 11.0. The summed E-state index contributed by atoms with van der Waals surface area (Å²) in [5.41, 5.74) is 0.422. The highest BCUT2D eigenvalue weighted by Gasteiger charge is 2.32. The number of aliphatic carboxylic acids is 1. The number of rotatable bonds is 4. The fourth-order valence-electron chi connectivity index (χ4n) is 2.28. The van der Waals surface area contributed by atoms with Gasteiger partial charge in [-0.25, -0.2) is 4.98 Å². The number of carboxylic acid groups (broad SMARTS) is 1. The van der Waals surface area contributed by atoms with Gasteiger partial charge >= 0.3 is 11.7 Å². The Morgan fingerprint density at radius 3 is 3.10 bits per heavy atom. The lowest BCUT2D eigenvalue weighted by atomic mass is 10.1. The summed E-state index contributed by atoms with van der Waals surface area (Å²) >= 11 is 0. The molecule has 2 heterocycles. The first-order chi connectivity index (χ1) is 9.50. The molecule has 1 saturated heterocycles. The summed E-state index contributed by atoms with van der Waals surface area (Å²) in [6.07, 6.45) is 1.34. The summed E-state index contributed by atoms with van der Waals surface area (Å²) in [4.78, 5) is 27.4. The fraction of sp³-hybridized carbons (Fsp3) is 0.500. The van der Waals surface area contributed by atoms with Crippen molar-refractivity contribution in [2.24, 2.45) is 0 Å². The molecule has 0 aliphatic carbocycles. The Hall–Kier alpha value is -2.22. The molecule has 1 aliphatic heterocycles. The molecule has 0 saturated carbocycles. The third kappa shape index (κ3) is 2.85. The molecule has 1 atom stereocenters. The third-order valence-electron chi connectivity index (χ3n) is 3.20. The normalized spacial score (nSPS) is 18.9. The number of carbonyl (C=O) groups is 1. The number of nitro groups is 1. The maximum Gasteiger partial charge on any atom is 0.314 e. The van der Waals surface area contributed by atoms with E-state index in [2.05, 4.69) is 4.98 Å². The molecule has 8 heteroatoms. The van der Waals surface area contributed by atoms with E-state index in [9.17, 15) is 14.9 Å². The molecular formula is C12H15N3O5. The minimum Gasteiger partial charge on any atom is -0.481 e. The van der Waals surface area contributed by atoms with Crippen molar-refractivity contribution < 1.29 is 19.6 Å². The highest BCUT2D eigenvalue weighted by atomic mass is 16.6. The van der Waals surface area contributed by atoms with Crippen LogP contribution in [0.4, 0.5) is 11.5 Å². The topological polar surface area (TPSA) is 106 Å². The number of nitrogens with zero attached hydrogens (tertiary/aromatic N) is 3. The van der Waals surface area contributed by atoms with E-state index in [1.54, 1.807) is 17.9 Å². The summed E-state index contributed by atoms with van der Waals surface area (Å²) in [7, 11) is 0. The Labute approximate surface area is 115 Å². The van der Waals surface area contributed by atoms with Crippen molar-refractivity contribution in [1.29, 1.82) is 0 Å². The molecule has 1 aromatic heterocycles. The first kappa shape index (κ1) is 14.2. The van der Waals surface area contributed by atoms with E-state index in [4.69, 9.17) is 9.84 Å². The van der Waals surface area contributed by atoms with Crippen molar-refractivity contribution in [1.82, 2.24) is 4.98 Å².